The fourth-order valence-corrected chi connectivity index (χ4v) is 3.55. The molecule has 0 bridgehead atoms. The molecule has 0 saturated carbocycles. The molecule has 2 N–H and O–H groups in total. The predicted molar refractivity (Wildman–Crippen MR) is 96.3 cm³/mol. The second-order valence-corrected chi connectivity index (χ2v) is 6.67. The van der Waals surface area contributed by atoms with Gasteiger partial charge < -0.3 is 19.6 Å². The third-order valence-electron chi connectivity index (χ3n) is 5.14. The molecule has 134 valence electrons. The number of nitrogens with one attached hydrogen (secondary N) is 1. The zero-order valence-corrected chi connectivity index (χ0v) is 14.4. The third kappa shape index (κ3) is 2.54. The number of aryl methyl sites for hydroxylation is 1. The first-order valence-electron chi connectivity index (χ1n) is 8.56. The number of furan rings is 1. The number of carbonyl (C=O) groups is 2. The van der Waals surface area contributed by atoms with Crippen molar-refractivity contribution in [1.29, 1.82) is 0 Å². The summed E-state index contributed by atoms with van der Waals surface area (Å²) in [5, 5.41) is 15.1. The topological polar surface area (TPSA) is 88.8 Å². The fraction of sp³-hybridized carbons (Fsp3) is 0.300. The Morgan fingerprint density at radius 2 is 1.81 bits per heavy atom. The number of carbonyl (C=O) groups excluding carboxylic acids is 1. The van der Waals surface area contributed by atoms with Crippen LogP contribution in [-0.2, 0) is 9.53 Å². The first-order valence-corrected chi connectivity index (χ1v) is 8.56. The van der Waals surface area contributed by atoms with E-state index in [2.05, 4.69) is 5.32 Å². The molecule has 0 unspecified atom stereocenters. The van der Waals surface area contributed by atoms with Crippen molar-refractivity contribution >= 4 is 33.6 Å². The molecule has 0 radical (unpaired) electrons. The van der Waals surface area contributed by atoms with Gasteiger partial charge in [-0.3, -0.25) is 4.79 Å². The highest BCUT2D eigenvalue weighted by atomic mass is 16.5. The van der Waals surface area contributed by atoms with Crippen molar-refractivity contribution in [3.8, 4) is 0 Å². The highest BCUT2D eigenvalue weighted by Gasteiger charge is 2.42. The maximum Gasteiger partial charge on any atom is 0.329 e. The van der Waals surface area contributed by atoms with E-state index in [9.17, 15) is 14.7 Å². The Labute approximate surface area is 149 Å². The molecule has 26 heavy (non-hydrogen) atoms. The van der Waals surface area contributed by atoms with Gasteiger partial charge in [0.05, 0.1) is 0 Å². The minimum absolute atomic E-state index is 0.156. The lowest BCUT2D eigenvalue weighted by atomic mass is 9.90. The van der Waals surface area contributed by atoms with Crippen LogP contribution in [0.5, 0.6) is 0 Å². The van der Waals surface area contributed by atoms with E-state index in [0.717, 1.165) is 16.2 Å². The number of carboxylic acids is 1. The summed E-state index contributed by atoms with van der Waals surface area (Å²) in [6.45, 7) is 2.42. The zero-order valence-electron chi connectivity index (χ0n) is 14.4. The monoisotopic (exact) mass is 353 g/mol. The molecule has 2 heterocycles. The van der Waals surface area contributed by atoms with Crippen LogP contribution in [0, 0.1) is 6.92 Å². The number of benzene rings is 2. The molecule has 1 aromatic heterocycles. The van der Waals surface area contributed by atoms with E-state index < -0.39 is 17.4 Å². The quantitative estimate of drug-likeness (QED) is 0.754. The third-order valence-corrected chi connectivity index (χ3v) is 5.14. The summed E-state index contributed by atoms with van der Waals surface area (Å²) in [6.07, 6.45) is 0.465. The van der Waals surface area contributed by atoms with E-state index in [1.54, 1.807) is 0 Å². The normalized spacial score (nSPS) is 16.7. The molecule has 1 aliphatic rings. The summed E-state index contributed by atoms with van der Waals surface area (Å²) < 4.78 is 11.1. The van der Waals surface area contributed by atoms with E-state index in [-0.39, 0.29) is 18.6 Å². The van der Waals surface area contributed by atoms with Crippen LogP contribution >= 0.6 is 0 Å². The summed E-state index contributed by atoms with van der Waals surface area (Å²) in [5.41, 5.74) is 0.0287. The van der Waals surface area contributed by atoms with Gasteiger partial charge in [0.2, 0.25) is 0 Å². The van der Waals surface area contributed by atoms with E-state index in [4.69, 9.17) is 9.15 Å². The van der Waals surface area contributed by atoms with Crippen molar-refractivity contribution in [3.05, 3.63) is 47.7 Å². The molecule has 1 aliphatic heterocycles. The van der Waals surface area contributed by atoms with Crippen molar-refractivity contribution in [1.82, 2.24) is 5.32 Å². The Balaban J connectivity index is 1.76. The average Bonchev–Trinajstić information content (AvgIpc) is 3.00. The van der Waals surface area contributed by atoms with Crippen LogP contribution in [-0.4, -0.2) is 35.7 Å². The summed E-state index contributed by atoms with van der Waals surface area (Å²) in [5.74, 6) is -1.40. The van der Waals surface area contributed by atoms with Crippen LogP contribution in [0.25, 0.3) is 21.7 Å². The first-order chi connectivity index (χ1) is 12.5. The number of hydrogen-bond acceptors (Lipinski definition) is 4. The molecule has 1 amide bonds. The molecule has 0 atom stereocenters. The van der Waals surface area contributed by atoms with Gasteiger partial charge in [-0.25, -0.2) is 4.79 Å². The summed E-state index contributed by atoms with van der Waals surface area (Å²) >= 11 is 0. The van der Waals surface area contributed by atoms with Crippen LogP contribution in [0.2, 0.25) is 0 Å². The number of fused-ring (bicyclic) bond motifs is 3. The average molecular weight is 353 g/mol. The van der Waals surface area contributed by atoms with Crippen molar-refractivity contribution in [2.45, 2.75) is 25.3 Å². The maximum atomic E-state index is 12.8. The Hall–Kier alpha value is -2.86. The molecule has 6 heteroatoms. The van der Waals surface area contributed by atoms with Gasteiger partial charge >= 0.3 is 5.97 Å². The lowest BCUT2D eigenvalue weighted by molar-refractivity contribution is -0.148. The Bertz CT molecular complexity index is 1010. The molecule has 0 spiro atoms. The second kappa shape index (κ2) is 6.14. The molecule has 6 nitrogen and oxygen atoms in total. The van der Waals surface area contributed by atoms with Crippen LogP contribution < -0.4 is 5.32 Å². The van der Waals surface area contributed by atoms with Gasteiger partial charge in [0.15, 0.2) is 5.76 Å². The van der Waals surface area contributed by atoms with Gasteiger partial charge in [-0.2, -0.15) is 0 Å². The zero-order chi connectivity index (χ0) is 18.3. The van der Waals surface area contributed by atoms with Crippen LogP contribution in [0.15, 0.2) is 40.8 Å². The maximum absolute atomic E-state index is 12.8. The minimum Gasteiger partial charge on any atom is -0.480 e. The number of rotatable bonds is 3. The largest absolute Gasteiger partial charge is 0.480 e. The molecule has 1 fully saturated rings. The first kappa shape index (κ1) is 16.6. The SMILES string of the molecule is Cc1c(C(=O)NC2(C(=O)O)CCOCC2)oc2c1ccc1ccccc12. The predicted octanol–water partition coefficient (Wildman–Crippen LogP) is 3.26. The van der Waals surface area contributed by atoms with Crippen molar-refractivity contribution in [3.63, 3.8) is 0 Å². The summed E-state index contributed by atoms with van der Waals surface area (Å²) in [6, 6.07) is 11.7. The number of hydrogen-bond donors (Lipinski definition) is 2. The summed E-state index contributed by atoms with van der Waals surface area (Å²) in [7, 11) is 0. The van der Waals surface area contributed by atoms with Gasteiger partial charge in [-0.15, -0.1) is 0 Å². The molecule has 4 rings (SSSR count). The van der Waals surface area contributed by atoms with Crippen molar-refractivity contribution in [2.24, 2.45) is 0 Å². The smallest absolute Gasteiger partial charge is 0.329 e. The van der Waals surface area contributed by atoms with E-state index in [1.807, 2.05) is 43.3 Å². The molecule has 1 saturated heterocycles. The van der Waals surface area contributed by atoms with Crippen LogP contribution in [0.1, 0.15) is 29.0 Å². The van der Waals surface area contributed by atoms with Gasteiger partial charge in [-0.05, 0) is 12.3 Å². The molecular weight excluding hydrogens is 334 g/mol. The fourth-order valence-electron chi connectivity index (χ4n) is 3.55. The van der Waals surface area contributed by atoms with E-state index in [0.29, 0.717) is 24.4 Å². The highest BCUT2D eigenvalue weighted by Crippen LogP contribution is 2.32. The standard InChI is InChI=1S/C20H19NO5/c1-12-14-7-6-13-4-2-3-5-15(13)17(14)26-16(12)18(22)21-20(19(23)24)8-10-25-11-9-20/h2-7H,8-11H2,1H3,(H,21,22)(H,23,24). The lowest BCUT2D eigenvalue weighted by Crippen LogP contribution is -2.57. The minimum atomic E-state index is -1.32. The van der Waals surface area contributed by atoms with Gasteiger partial charge in [0.25, 0.3) is 5.91 Å². The van der Waals surface area contributed by atoms with E-state index in [1.165, 1.54) is 0 Å². The Morgan fingerprint density at radius 1 is 1.08 bits per heavy atom. The van der Waals surface area contributed by atoms with Gasteiger partial charge in [-0.1, -0.05) is 36.4 Å². The van der Waals surface area contributed by atoms with Crippen molar-refractivity contribution < 1.29 is 23.8 Å². The molecular formula is C20H19NO5. The van der Waals surface area contributed by atoms with Crippen LogP contribution in [0.4, 0.5) is 0 Å². The Kier molecular flexibility index (Phi) is 3.92. The molecule has 0 aliphatic carbocycles. The second-order valence-electron chi connectivity index (χ2n) is 6.67. The summed E-state index contributed by atoms with van der Waals surface area (Å²) in [4.78, 5) is 24.6. The number of ether oxygens (including phenoxy) is 1. The lowest BCUT2D eigenvalue weighted by Gasteiger charge is -2.33. The highest BCUT2D eigenvalue weighted by molar-refractivity contribution is 6.09. The van der Waals surface area contributed by atoms with Crippen molar-refractivity contribution in [2.75, 3.05) is 13.2 Å². The molecule has 3 aromatic rings. The van der Waals surface area contributed by atoms with E-state index >= 15 is 0 Å². The number of carboxylic acid groups (broad SMARTS) is 1. The number of aliphatic carboxylic acids is 1. The van der Waals surface area contributed by atoms with Crippen LogP contribution in [0.3, 0.4) is 0 Å². The number of amides is 1. The van der Waals surface area contributed by atoms with Gasteiger partial charge in [0, 0.05) is 42.4 Å². The van der Waals surface area contributed by atoms with Gasteiger partial charge in [0.1, 0.15) is 11.1 Å². The Morgan fingerprint density at radius 3 is 2.54 bits per heavy atom. The molecule has 2 aromatic carbocycles.